The molecule has 0 spiro atoms. The minimum Gasteiger partial charge on any atom is -0.384 e. The Hall–Kier alpha value is -1.97. The molecule has 0 aliphatic heterocycles. The molecule has 3 heteroatoms. The Kier molecular flexibility index (Phi) is 5.04. The van der Waals surface area contributed by atoms with Crippen LogP contribution in [0.25, 0.3) is 5.57 Å². The van der Waals surface area contributed by atoms with Gasteiger partial charge in [-0.15, -0.1) is 0 Å². The summed E-state index contributed by atoms with van der Waals surface area (Å²) in [6.07, 6.45) is 4.83. The van der Waals surface area contributed by atoms with Gasteiger partial charge in [0.15, 0.2) is 0 Å². The maximum absolute atomic E-state index is 10.6. The number of aromatic nitrogens is 1. The molecule has 1 aromatic heterocycles. The van der Waals surface area contributed by atoms with Crippen molar-refractivity contribution in [2.45, 2.75) is 6.10 Å². The van der Waals surface area contributed by atoms with Crippen LogP contribution in [0.2, 0.25) is 0 Å². The molecule has 1 unspecified atom stereocenters. The first-order valence-electron chi connectivity index (χ1n) is 6.66. The maximum Gasteiger partial charge on any atom is 0.104 e. The highest BCUT2D eigenvalue weighted by molar-refractivity contribution is 5.70. The van der Waals surface area contributed by atoms with Crippen molar-refractivity contribution in [3.63, 3.8) is 0 Å². The lowest BCUT2D eigenvalue weighted by Gasteiger charge is -2.17. The summed E-state index contributed by atoms with van der Waals surface area (Å²) in [4.78, 5) is 6.07. The predicted molar refractivity (Wildman–Crippen MR) is 82.2 cm³/mol. The molecular formula is C17H20N2O. The van der Waals surface area contributed by atoms with Gasteiger partial charge in [-0.3, -0.25) is 4.98 Å². The van der Waals surface area contributed by atoms with Crippen LogP contribution in [0.15, 0.2) is 60.9 Å². The summed E-state index contributed by atoms with van der Waals surface area (Å²) in [6.45, 7) is 0.784. The Morgan fingerprint density at radius 2 is 1.80 bits per heavy atom. The zero-order valence-electron chi connectivity index (χ0n) is 11.9. The number of rotatable bonds is 5. The van der Waals surface area contributed by atoms with Crippen LogP contribution in [0.4, 0.5) is 0 Å². The second-order valence-corrected chi connectivity index (χ2v) is 4.97. The molecule has 2 rings (SSSR count). The summed E-state index contributed by atoms with van der Waals surface area (Å²) in [5.74, 6) is 0. The Bertz CT molecular complexity index is 550. The van der Waals surface area contributed by atoms with E-state index in [9.17, 15) is 5.11 Å². The van der Waals surface area contributed by atoms with Crippen LogP contribution in [0, 0.1) is 0 Å². The van der Waals surface area contributed by atoms with E-state index in [1.807, 2.05) is 56.6 Å². The highest BCUT2D eigenvalue weighted by Gasteiger charge is 2.14. The molecule has 2 aromatic rings. The number of likely N-dealkylation sites (N-methyl/N-ethyl adjacent to an activating group) is 1. The monoisotopic (exact) mass is 268 g/mol. The topological polar surface area (TPSA) is 36.4 Å². The molecule has 1 aromatic carbocycles. The second kappa shape index (κ2) is 6.98. The lowest BCUT2D eigenvalue weighted by molar-refractivity contribution is 0.237. The standard InChI is InChI=1S/C17H20N2O/c1-19(2)13-10-16(14-6-4-3-5-7-14)17(20)15-8-11-18-12-9-15/h3-12,17,20H,13H2,1-2H3/b16-10+. The van der Waals surface area contributed by atoms with E-state index >= 15 is 0 Å². The van der Waals surface area contributed by atoms with Crippen LogP contribution in [-0.2, 0) is 0 Å². The fraction of sp³-hybridized carbons (Fsp3) is 0.235. The van der Waals surface area contributed by atoms with Crippen molar-refractivity contribution in [2.75, 3.05) is 20.6 Å². The van der Waals surface area contributed by atoms with Gasteiger partial charge >= 0.3 is 0 Å². The zero-order chi connectivity index (χ0) is 14.4. The smallest absolute Gasteiger partial charge is 0.104 e. The van der Waals surface area contributed by atoms with Crippen molar-refractivity contribution in [1.29, 1.82) is 0 Å². The van der Waals surface area contributed by atoms with Gasteiger partial charge in [0, 0.05) is 18.9 Å². The molecule has 0 saturated carbocycles. The van der Waals surface area contributed by atoms with E-state index in [4.69, 9.17) is 0 Å². The molecule has 1 heterocycles. The number of nitrogens with zero attached hydrogens (tertiary/aromatic N) is 2. The number of pyridine rings is 1. The summed E-state index contributed by atoms with van der Waals surface area (Å²) in [6, 6.07) is 13.7. The van der Waals surface area contributed by atoms with Gasteiger partial charge < -0.3 is 10.0 Å². The lowest BCUT2D eigenvalue weighted by Crippen LogP contribution is -2.12. The van der Waals surface area contributed by atoms with Gasteiger partial charge in [0.05, 0.1) is 0 Å². The predicted octanol–water partition coefficient (Wildman–Crippen LogP) is 2.76. The van der Waals surface area contributed by atoms with E-state index in [1.165, 1.54) is 0 Å². The van der Waals surface area contributed by atoms with Crippen molar-refractivity contribution >= 4 is 5.57 Å². The minimum atomic E-state index is -0.639. The summed E-state index contributed by atoms with van der Waals surface area (Å²) >= 11 is 0. The van der Waals surface area contributed by atoms with E-state index in [0.717, 1.165) is 23.2 Å². The first kappa shape index (κ1) is 14.4. The highest BCUT2D eigenvalue weighted by atomic mass is 16.3. The van der Waals surface area contributed by atoms with E-state index in [0.29, 0.717) is 0 Å². The van der Waals surface area contributed by atoms with Crippen LogP contribution < -0.4 is 0 Å². The quantitative estimate of drug-likeness (QED) is 0.906. The average molecular weight is 268 g/mol. The van der Waals surface area contributed by atoms with Crippen molar-refractivity contribution in [3.8, 4) is 0 Å². The number of hydrogen-bond donors (Lipinski definition) is 1. The van der Waals surface area contributed by atoms with Gasteiger partial charge in [-0.25, -0.2) is 0 Å². The summed E-state index contributed by atoms with van der Waals surface area (Å²) < 4.78 is 0. The van der Waals surface area contributed by atoms with Gasteiger partial charge in [-0.1, -0.05) is 36.4 Å². The third-order valence-corrected chi connectivity index (χ3v) is 3.10. The largest absolute Gasteiger partial charge is 0.384 e. The van der Waals surface area contributed by atoms with E-state index < -0.39 is 6.10 Å². The Labute approximate surface area is 120 Å². The molecule has 0 radical (unpaired) electrons. The SMILES string of the molecule is CN(C)C/C=C(\c1ccccc1)C(O)c1ccncc1. The molecule has 0 aliphatic carbocycles. The molecule has 3 nitrogen and oxygen atoms in total. The van der Waals surface area contributed by atoms with Crippen LogP contribution in [0.3, 0.4) is 0 Å². The van der Waals surface area contributed by atoms with Gasteiger partial charge in [0.2, 0.25) is 0 Å². The van der Waals surface area contributed by atoms with Crippen LogP contribution >= 0.6 is 0 Å². The van der Waals surface area contributed by atoms with Crippen molar-refractivity contribution < 1.29 is 5.11 Å². The molecule has 0 saturated heterocycles. The van der Waals surface area contributed by atoms with Gasteiger partial charge in [-0.05, 0) is 42.9 Å². The lowest BCUT2D eigenvalue weighted by atomic mass is 9.95. The fourth-order valence-electron chi connectivity index (χ4n) is 2.02. The molecule has 1 N–H and O–H groups in total. The van der Waals surface area contributed by atoms with Crippen LogP contribution in [0.5, 0.6) is 0 Å². The highest BCUT2D eigenvalue weighted by Crippen LogP contribution is 2.29. The molecule has 104 valence electrons. The summed E-state index contributed by atoms with van der Waals surface area (Å²) in [5, 5.41) is 10.6. The maximum atomic E-state index is 10.6. The van der Waals surface area contributed by atoms with E-state index in [-0.39, 0.29) is 0 Å². The first-order chi connectivity index (χ1) is 9.68. The van der Waals surface area contributed by atoms with Crippen molar-refractivity contribution in [1.82, 2.24) is 9.88 Å². The summed E-state index contributed by atoms with van der Waals surface area (Å²) in [7, 11) is 4.02. The van der Waals surface area contributed by atoms with Crippen LogP contribution in [-0.4, -0.2) is 35.6 Å². The zero-order valence-corrected chi connectivity index (χ0v) is 11.9. The first-order valence-corrected chi connectivity index (χ1v) is 6.66. The third kappa shape index (κ3) is 3.76. The molecule has 1 atom stereocenters. The van der Waals surface area contributed by atoms with Gasteiger partial charge in [0.25, 0.3) is 0 Å². The van der Waals surface area contributed by atoms with Crippen molar-refractivity contribution in [3.05, 3.63) is 72.1 Å². The Morgan fingerprint density at radius 1 is 1.15 bits per heavy atom. The number of aliphatic hydroxyl groups is 1. The number of aliphatic hydroxyl groups excluding tert-OH is 1. The van der Waals surface area contributed by atoms with Crippen molar-refractivity contribution in [2.24, 2.45) is 0 Å². The molecule has 20 heavy (non-hydrogen) atoms. The Balaban J connectivity index is 2.34. The average Bonchev–Trinajstić information content (AvgIpc) is 2.49. The number of benzene rings is 1. The number of hydrogen-bond acceptors (Lipinski definition) is 3. The minimum absolute atomic E-state index is 0.639. The Morgan fingerprint density at radius 3 is 2.40 bits per heavy atom. The molecule has 0 aliphatic rings. The molecule has 0 bridgehead atoms. The fourth-order valence-corrected chi connectivity index (χ4v) is 2.02. The molecule has 0 fully saturated rings. The van der Waals surface area contributed by atoms with Gasteiger partial charge in [0.1, 0.15) is 6.10 Å². The van der Waals surface area contributed by atoms with E-state index in [2.05, 4.69) is 16.0 Å². The molecule has 0 amide bonds. The van der Waals surface area contributed by atoms with Crippen LogP contribution in [0.1, 0.15) is 17.2 Å². The normalized spacial score (nSPS) is 13.5. The van der Waals surface area contributed by atoms with E-state index in [1.54, 1.807) is 12.4 Å². The third-order valence-electron chi connectivity index (χ3n) is 3.10. The molecular weight excluding hydrogens is 248 g/mol. The summed E-state index contributed by atoms with van der Waals surface area (Å²) in [5.41, 5.74) is 2.82. The second-order valence-electron chi connectivity index (χ2n) is 4.97. The van der Waals surface area contributed by atoms with Gasteiger partial charge in [-0.2, -0.15) is 0 Å².